The third-order valence-electron chi connectivity index (χ3n) is 4.75. The summed E-state index contributed by atoms with van der Waals surface area (Å²) in [6.45, 7) is 0.416. The zero-order chi connectivity index (χ0) is 22.1. The van der Waals surface area contributed by atoms with Gasteiger partial charge in [0, 0.05) is 23.0 Å². The second kappa shape index (κ2) is 8.70. The van der Waals surface area contributed by atoms with E-state index >= 15 is 0 Å². The van der Waals surface area contributed by atoms with Crippen molar-refractivity contribution in [3.63, 3.8) is 0 Å². The fraction of sp³-hybridized carbons (Fsp3) is 0.286. The summed E-state index contributed by atoms with van der Waals surface area (Å²) < 4.78 is 58.3. The maximum absolute atomic E-state index is 12.9. The van der Waals surface area contributed by atoms with Crippen LogP contribution in [0, 0.1) is 0 Å². The van der Waals surface area contributed by atoms with E-state index in [-0.39, 0.29) is 25.5 Å². The highest BCUT2D eigenvalue weighted by Gasteiger charge is 2.45. The second-order valence-electron chi connectivity index (χ2n) is 7.00. The Balaban J connectivity index is 1.52. The van der Waals surface area contributed by atoms with Crippen LogP contribution in [-0.2, 0) is 28.0 Å². The molecule has 3 aromatic rings. The van der Waals surface area contributed by atoms with Gasteiger partial charge in [-0.15, -0.1) is 0 Å². The Labute approximate surface area is 186 Å². The monoisotopic (exact) mass is 472 g/mol. The number of alkyl halides is 3. The van der Waals surface area contributed by atoms with Gasteiger partial charge in [0.1, 0.15) is 18.5 Å². The molecule has 0 saturated carbocycles. The van der Waals surface area contributed by atoms with E-state index < -0.39 is 23.6 Å². The molecule has 1 saturated heterocycles. The van der Waals surface area contributed by atoms with Crippen LogP contribution in [0.4, 0.5) is 13.2 Å². The Bertz CT molecular complexity index is 1050. The lowest BCUT2D eigenvalue weighted by molar-refractivity contribution is -0.189. The molecule has 1 aromatic heterocycles. The third kappa shape index (κ3) is 4.98. The van der Waals surface area contributed by atoms with E-state index in [0.29, 0.717) is 15.6 Å². The molecule has 0 aliphatic carbocycles. The molecule has 2 unspecified atom stereocenters. The van der Waals surface area contributed by atoms with Gasteiger partial charge in [-0.2, -0.15) is 13.2 Å². The van der Waals surface area contributed by atoms with Crippen molar-refractivity contribution in [1.82, 2.24) is 9.55 Å². The number of nitrogens with zero attached hydrogens (tertiary/aromatic N) is 2. The lowest BCUT2D eigenvalue weighted by atomic mass is 10.1. The number of halogens is 5. The van der Waals surface area contributed by atoms with Gasteiger partial charge in [-0.3, -0.25) is 0 Å². The van der Waals surface area contributed by atoms with Crippen molar-refractivity contribution in [3.8, 4) is 5.75 Å². The molecule has 1 aliphatic rings. The predicted molar refractivity (Wildman–Crippen MR) is 108 cm³/mol. The van der Waals surface area contributed by atoms with Gasteiger partial charge in [-0.05, 0) is 30.3 Å². The number of rotatable bonds is 6. The quantitative estimate of drug-likeness (QED) is 0.471. The van der Waals surface area contributed by atoms with E-state index in [1.807, 2.05) is 0 Å². The summed E-state index contributed by atoms with van der Waals surface area (Å²) in [7, 11) is 0. The van der Waals surface area contributed by atoms with Crippen LogP contribution >= 0.6 is 23.2 Å². The molecule has 2 aromatic carbocycles. The van der Waals surface area contributed by atoms with Crippen LogP contribution in [0.3, 0.4) is 0 Å². The van der Waals surface area contributed by atoms with Gasteiger partial charge in [0.2, 0.25) is 5.79 Å². The van der Waals surface area contributed by atoms with Gasteiger partial charge in [0.15, 0.2) is 0 Å². The van der Waals surface area contributed by atoms with E-state index in [1.54, 1.807) is 41.5 Å². The second-order valence-corrected chi connectivity index (χ2v) is 7.84. The van der Waals surface area contributed by atoms with Crippen molar-refractivity contribution in [2.45, 2.75) is 24.6 Å². The molecule has 0 N–H and O–H groups in total. The normalized spacial score (nSPS) is 21.4. The molecular weight excluding hydrogens is 456 g/mol. The van der Waals surface area contributed by atoms with E-state index in [1.165, 1.54) is 12.1 Å². The van der Waals surface area contributed by atoms with Gasteiger partial charge >= 0.3 is 6.18 Å². The number of hydrogen-bond donors (Lipinski definition) is 0. The molecule has 2 heterocycles. The molecule has 4 rings (SSSR count). The number of aromatic nitrogens is 2. The van der Waals surface area contributed by atoms with E-state index in [2.05, 4.69) is 4.98 Å². The first kappa shape index (κ1) is 22.0. The molecular formula is C21H17Cl2F3N2O3. The molecule has 1 aliphatic heterocycles. The van der Waals surface area contributed by atoms with Crippen LogP contribution in [0.15, 0.2) is 61.2 Å². The van der Waals surface area contributed by atoms with Crippen LogP contribution < -0.4 is 4.74 Å². The third-order valence-corrected chi connectivity index (χ3v) is 5.30. The molecule has 31 heavy (non-hydrogen) atoms. The van der Waals surface area contributed by atoms with E-state index in [0.717, 1.165) is 12.1 Å². The summed E-state index contributed by atoms with van der Waals surface area (Å²) in [6, 6.07) is 9.68. The summed E-state index contributed by atoms with van der Waals surface area (Å²) in [6.07, 6.45) is 0.0119. The summed E-state index contributed by atoms with van der Waals surface area (Å²) in [5.41, 5.74) is -0.204. The minimum atomic E-state index is -4.45. The van der Waals surface area contributed by atoms with Crippen molar-refractivity contribution in [3.05, 3.63) is 82.4 Å². The van der Waals surface area contributed by atoms with Crippen molar-refractivity contribution in [1.29, 1.82) is 0 Å². The topological polar surface area (TPSA) is 45.5 Å². The van der Waals surface area contributed by atoms with Crippen LogP contribution in [0.25, 0.3) is 0 Å². The van der Waals surface area contributed by atoms with Crippen molar-refractivity contribution < 1.29 is 27.4 Å². The predicted octanol–water partition coefficient (Wildman–Crippen LogP) is 5.56. The molecule has 0 amide bonds. The van der Waals surface area contributed by atoms with Gasteiger partial charge in [0.05, 0.1) is 30.1 Å². The van der Waals surface area contributed by atoms with Gasteiger partial charge in [-0.25, -0.2) is 4.98 Å². The van der Waals surface area contributed by atoms with Crippen LogP contribution in [0.1, 0.15) is 11.1 Å². The minimum absolute atomic E-state index is 0.00179. The van der Waals surface area contributed by atoms with Crippen molar-refractivity contribution in [2.75, 3.05) is 13.2 Å². The summed E-state index contributed by atoms with van der Waals surface area (Å²) >= 11 is 12.4. The Morgan fingerprint density at radius 1 is 1.19 bits per heavy atom. The minimum Gasteiger partial charge on any atom is -0.491 e. The van der Waals surface area contributed by atoms with Gasteiger partial charge in [-0.1, -0.05) is 35.3 Å². The highest BCUT2D eigenvalue weighted by molar-refractivity contribution is 6.35. The van der Waals surface area contributed by atoms with E-state index in [9.17, 15) is 13.2 Å². The number of hydrogen-bond acceptors (Lipinski definition) is 4. The Hall–Kier alpha value is -2.26. The first-order valence-corrected chi connectivity index (χ1v) is 10.0. The van der Waals surface area contributed by atoms with Crippen molar-refractivity contribution in [2.24, 2.45) is 0 Å². The average molecular weight is 473 g/mol. The Kier molecular flexibility index (Phi) is 6.16. The summed E-state index contributed by atoms with van der Waals surface area (Å²) in [4.78, 5) is 4.03. The molecule has 2 atom stereocenters. The van der Waals surface area contributed by atoms with Crippen LogP contribution in [-0.4, -0.2) is 28.9 Å². The maximum atomic E-state index is 12.9. The molecule has 164 valence electrons. The highest BCUT2D eigenvalue weighted by atomic mass is 35.5. The lowest BCUT2D eigenvalue weighted by Gasteiger charge is -2.30. The Morgan fingerprint density at radius 3 is 2.74 bits per heavy atom. The molecule has 0 bridgehead atoms. The molecule has 1 fully saturated rings. The molecule has 10 heteroatoms. The SMILES string of the molecule is FC(F)(F)c1cccc(OCC2COC(Cn3ccnc3)(c3ccc(Cl)cc3Cl)O2)c1. The molecule has 0 spiro atoms. The summed E-state index contributed by atoms with van der Waals surface area (Å²) in [5.74, 6) is -1.14. The zero-order valence-corrected chi connectivity index (χ0v) is 17.5. The summed E-state index contributed by atoms with van der Waals surface area (Å²) in [5, 5.41) is 0.834. The van der Waals surface area contributed by atoms with Crippen LogP contribution in [0.5, 0.6) is 5.75 Å². The fourth-order valence-electron chi connectivity index (χ4n) is 3.33. The largest absolute Gasteiger partial charge is 0.491 e. The van der Waals surface area contributed by atoms with Gasteiger partial charge < -0.3 is 18.8 Å². The maximum Gasteiger partial charge on any atom is 0.416 e. The number of ether oxygens (including phenoxy) is 3. The average Bonchev–Trinajstić information content (AvgIpc) is 3.37. The zero-order valence-electron chi connectivity index (χ0n) is 16.0. The first-order chi connectivity index (χ1) is 14.7. The smallest absolute Gasteiger partial charge is 0.416 e. The highest BCUT2D eigenvalue weighted by Crippen LogP contribution is 2.40. The molecule has 5 nitrogen and oxygen atoms in total. The van der Waals surface area contributed by atoms with Crippen LogP contribution in [0.2, 0.25) is 10.0 Å². The standard InChI is InChI=1S/C21H17Cl2F3N2O3/c22-15-4-5-18(19(23)9-15)20(12-28-7-6-27-13-28)30-11-17(31-20)10-29-16-3-1-2-14(8-16)21(24,25)26/h1-9,13,17H,10-12H2. The van der Waals surface area contributed by atoms with E-state index in [4.69, 9.17) is 37.4 Å². The fourth-order valence-corrected chi connectivity index (χ4v) is 3.88. The first-order valence-electron chi connectivity index (χ1n) is 9.28. The number of imidazole rings is 1. The number of benzene rings is 2. The Morgan fingerprint density at radius 2 is 2.03 bits per heavy atom. The lowest BCUT2D eigenvalue weighted by Crippen LogP contribution is -2.34. The van der Waals surface area contributed by atoms with Crippen molar-refractivity contribution >= 4 is 23.2 Å². The van der Waals surface area contributed by atoms with Gasteiger partial charge in [0.25, 0.3) is 0 Å². The molecule has 0 radical (unpaired) electrons.